The molecular weight excluding hydrogens is 394 g/mol. The van der Waals surface area contributed by atoms with Crippen molar-refractivity contribution < 1.29 is 19.4 Å². The van der Waals surface area contributed by atoms with Crippen molar-refractivity contribution in [2.45, 2.75) is 44.3 Å². The highest BCUT2D eigenvalue weighted by Crippen LogP contribution is 2.51. The number of benzene rings is 2. The van der Waals surface area contributed by atoms with E-state index >= 15 is 0 Å². The van der Waals surface area contributed by atoms with Gasteiger partial charge in [-0.15, -0.1) is 0 Å². The van der Waals surface area contributed by atoms with Crippen LogP contribution in [0.25, 0.3) is 0 Å². The fraction of sp³-hybridized carbons (Fsp3) is 0.417. The highest BCUT2D eigenvalue weighted by molar-refractivity contribution is 5.95. The molecule has 2 aliphatic heterocycles. The molecular formula is C24H27N3O4. The Balaban J connectivity index is 1.50. The van der Waals surface area contributed by atoms with Gasteiger partial charge in [-0.25, -0.2) is 4.79 Å². The minimum absolute atomic E-state index is 0.0105. The fourth-order valence-corrected chi connectivity index (χ4v) is 4.90. The highest BCUT2D eigenvalue weighted by atomic mass is 16.5. The summed E-state index contributed by atoms with van der Waals surface area (Å²) < 4.78 is 5.56. The molecule has 3 unspecified atom stereocenters. The van der Waals surface area contributed by atoms with Gasteiger partial charge in [0.25, 0.3) is 5.91 Å². The lowest BCUT2D eigenvalue weighted by molar-refractivity contribution is 0.0951. The SMILES string of the molecule is CCOc1ccc(C2Nc3ccc(C(=O)NC4CC4)cc3C3C2CCN3C(=O)O)cc1. The summed E-state index contributed by atoms with van der Waals surface area (Å²) in [6, 6.07) is 13.6. The number of nitrogens with one attached hydrogen (secondary N) is 2. The fourth-order valence-electron chi connectivity index (χ4n) is 4.90. The number of ether oxygens (including phenoxy) is 1. The molecule has 2 aromatic rings. The van der Waals surface area contributed by atoms with E-state index in [9.17, 15) is 14.7 Å². The summed E-state index contributed by atoms with van der Waals surface area (Å²) in [7, 11) is 0. The monoisotopic (exact) mass is 421 g/mol. The Hall–Kier alpha value is -3.22. The van der Waals surface area contributed by atoms with Gasteiger partial charge in [-0.1, -0.05) is 12.1 Å². The number of amides is 2. The molecule has 162 valence electrons. The average molecular weight is 421 g/mol. The molecule has 1 saturated carbocycles. The Labute approximate surface area is 181 Å². The van der Waals surface area contributed by atoms with E-state index in [0.717, 1.165) is 41.8 Å². The Bertz CT molecular complexity index is 1000. The standard InChI is InChI=1S/C24H27N3O4/c1-2-31-17-8-3-14(4-9-17)21-18-11-12-27(24(29)30)22(18)19-13-15(5-10-20(19)26-21)23(28)25-16-6-7-16/h3-5,8-10,13,16,18,21-22,26H,2,6-7,11-12H2,1H3,(H,25,28)(H,29,30). The van der Waals surface area contributed by atoms with Crippen LogP contribution in [-0.2, 0) is 0 Å². The zero-order chi connectivity index (χ0) is 21.5. The van der Waals surface area contributed by atoms with E-state index in [1.807, 2.05) is 49.4 Å². The van der Waals surface area contributed by atoms with Crippen molar-refractivity contribution in [1.29, 1.82) is 0 Å². The molecule has 0 spiro atoms. The number of anilines is 1. The number of rotatable bonds is 5. The molecule has 3 N–H and O–H groups in total. The summed E-state index contributed by atoms with van der Waals surface area (Å²) in [4.78, 5) is 26.1. The third kappa shape index (κ3) is 3.69. The maximum Gasteiger partial charge on any atom is 0.407 e. The van der Waals surface area contributed by atoms with Crippen LogP contribution >= 0.6 is 0 Å². The van der Waals surface area contributed by atoms with Gasteiger partial charge in [-0.05, 0) is 67.6 Å². The maximum absolute atomic E-state index is 12.6. The van der Waals surface area contributed by atoms with Gasteiger partial charge in [0.1, 0.15) is 5.75 Å². The van der Waals surface area contributed by atoms with Gasteiger partial charge in [0.15, 0.2) is 0 Å². The third-order valence-electron chi connectivity index (χ3n) is 6.52. The van der Waals surface area contributed by atoms with Crippen molar-refractivity contribution in [1.82, 2.24) is 10.2 Å². The van der Waals surface area contributed by atoms with Gasteiger partial charge in [0.2, 0.25) is 0 Å². The van der Waals surface area contributed by atoms with Crippen molar-refractivity contribution in [3.05, 3.63) is 59.2 Å². The van der Waals surface area contributed by atoms with Crippen LogP contribution in [0, 0.1) is 5.92 Å². The van der Waals surface area contributed by atoms with Gasteiger partial charge >= 0.3 is 6.09 Å². The molecule has 2 aromatic carbocycles. The van der Waals surface area contributed by atoms with Gasteiger partial charge < -0.3 is 25.4 Å². The van der Waals surface area contributed by atoms with Crippen LogP contribution in [0.3, 0.4) is 0 Å². The predicted octanol–water partition coefficient (Wildman–Crippen LogP) is 4.19. The number of carboxylic acid groups (broad SMARTS) is 1. The van der Waals surface area contributed by atoms with E-state index in [-0.39, 0.29) is 30.0 Å². The quantitative estimate of drug-likeness (QED) is 0.674. The molecule has 0 aromatic heterocycles. The summed E-state index contributed by atoms with van der Waals surface area (Å²) in [5, 5.41) is 16.5. The molecule has 2 fully saturated rings. The Kier molecular flexibility index (Phi) is 4.96. The first kappa shape index (κ1) is 19.7. The molecule has 7 nitrogen and oxygen atoms in total. The lowest BCUT2D eigenvalue weighted by atomic mass is 9.79. The number of hydrogen-bond donors (Lipinski definition) is 3. The zero-order valence-corrected chi connectivity index (χ0v) is 17.5. The first-order valence-electron chi connectivity index (χ1n) is 11.0. The van der Waals surface area contributed by atoms with Gasteiger partial charge in [0.05, 0.1) is 18.7 Å². The molecule has 2 heterocycles. The minimum Gasteiger partial charge on any atom is -0.494 e. The lowest BCUT2D eigenvalue weighted by Gasteiger charge is -2.39. The molecule has 7 heteroatoms. The van der Waals surface area contributed by atoms with Gasteiger partial charge in [-0.3, -0.25) is 4.79 Å². The van der Waals surface area contributed by atoms with Crippen molar-refractivity contribution in [3.8, 4) is 5.75 Å². The van der Waals surface area contributed by atoms with Crippen LogP contribution in [0.4, 0.5) is 10.5 Å². The largest absolute Gasteiger partial charge is 0.494 e. The van der Waals surface area contributed by atoms with Crippen LogP contribution < -0.4 is 15.4 Å². The summed E-state index contributed by atoms with van der Waals surface area (Å²) >= 11 is 0. The summed E-state index contributed by atoms with van der Waals surface area (Å²) in [6.07, 6.45) is 1.90. The van der Waals surface area contributed by atoms with E-state index < -0.39 is 6.09 Å². The number of carbonyl (C=O) groups is 2. The predicted molar refractivity (Wildman–Crippen MR) is 116 cm³/mol. The third-order valence-corrected chi connectivity index (χ3v) is 6.52. The minimum atomic E-state index is -0.918. The Morgan fingerprint density at radius 2 is 1.94 bits per heavy atom. The number of nitrogens with zero attached hydrogens (tertiary/aromatic N) is 1. The van der Waals surface area contributed by atoms with E-state index in [2.05, 4.69) is 10.6 Å². The normalized spacial score (nSPS) is 24.0. The zero-order valence-electron chi connectivity index (χ0n) is 17.5. The Morgan fingerprint density at radius 1 is 1.16 bits per heavy atom. The second-order valence-electron chi connectivity index (χ2n) is 8.55. The summed E-state index contributed by atoms with van der Waals surface area (Å²) in [5.41, 5.74) is 3.46. The number of likely N-dealkylation sites (tertiary alicyclic amines) is 1. The lowest BCUT2D eigenvalue weighted by Crippen LogP contribution is -2.37. The molecule has 3 aliphatic rings. The van der Waals surface area contributed by atoms with Crippen molar-refractivity contribution in [2.75, 3.05) is 18.5 Å². The summed E-state index contributed by atoms with van der Waals surface area (Å²) in [6.45, 7) is 3.05. The van der Waals surface area contributed by atoms with Crippen LogP contribution in [0.2, 0.25) is 0 Å². The molecule has 1 saturated heterocycles. The van der Waals surface area contributed by atoms with Crippen molar-refractivity contribution >= 4 is 17.7 Å². The maximum atomic E-state index is 12.6. The van der Waals surface area contributed by atoms with Crippen LogP contribution in [-0.4, -0.2) is 41.2 Å². The smallest absolute Gasteiger partial charge is 0.407 e. The Morgan fingerprint density at radius 3 is 2.61 bits per heavy atom. The number of carbonyl (C=O) groups excluding carboxylic acids is 1. The molecule has 0 radical (unpaired) electrons. The first-order valence-corrected chi connectivity index (χ1v) is 11.0. The number of hydrogen-bond acceptors (Lipinski definition) is 4. The van der Waals surface area contributed by atoms with E-state index in [4.69, 9.17) is 4.74 Å². The molecule has 31 heavy (non-hydrogen) atoms. The highest BCUT2D eigenvalue weighted by Gasteiger charge is 2.46. The topological polar surface area (TPSA) is 90.9 Å². The van der Waals surface area contributed by atoms with Crippen LogP contribution in [0.5, 0.6) is 5.75 Å². The second-order valence-corrected chi connectivity index (χ2v) is 8.55. The van der Waals surface area contributed by atoms with Gasteiger partial charge in [0, 0.05) is 29.8 Å². The molecule has 3 atom stereocenters. The molecule has 2 amide bonds. The van der Waals surface area contributed by atoms with Crippen molar-refractivity contribution in [2.24, 2.45) is 5.92 Å². The van der Waals surface area contributed by atoms with Gasteiger partial charge in [-0.2, -0.15) is 0 Å². The van der Waals surface area contributed by atoms with Crippen molar-refractivity contribution in [3.63, 3.8) is 0 Å². The van der Waals surface area contributed by atoms with E-state index in [0.29, 0.717) is 18.7 Å². The molecule has 0 bridgehead atoms. The van der Waals surface area contributed by atoms with E-state index in [1.54, 1.807) is 0 Å². The molecule has 1 aliphatic carbocycles. The van der Waals surface area contributed by atoms with E-state index in [1.165, 1.54) is 4.90 Å². The van der Waals surface area contributed by atoms with Crippen LogP contribution in [0.1, 0.15) is 59.8 Å². The second kappa shape index (κ2) is 7.80. The molecule has 5 rings (SSSR count). The number of fused-ring (bicyclic) bond motifs is 3. The average Bonchev–Trinajstić information content (AvgIpc) is 3.46. The summed E-state index contributed by atoms with van der Waals surface area (Å²) in [5.74, 6) is 0.822. The first-order chi connectivity index (χ1) is 15.0. The van der Waals surface area contributed by atoms with Crippen LogP contribution in [0.15, 0.2) is 42.5 Å².